The Labute approximate surface area is 143 Å². The van der Waals surface area contributed by atoms with Crippen LogP contribution in [0.5, 0.6) is 0 Å². The molecule has 4 nitrogen and oxygen atoms in total. The Bertz CT molecular complexity index is 786. The number of anilines is 3. The number of carbonyl (C=O) groups is 1. The van der Waals surface area contributed by atoms with Crippen molar-refractivity contribution in [3.05, 3.63) is 53.6 Å². The average Bonchev–Trinajstić information content (AvgIpc) is 3.00. The van der Waals surface area contributed by atoms with Gasteiger partial charge in [0.25, 0.3) is 0 Å². The van der Waals surface area contributed by atoms with Crippen LogP contribution in [-0.2, 0) is 11.2 Å². The molecule has 4 heteroatoms. The Morgan fingerprint density at radius 3 is 2.75 bits per heavy atom. The van der Waals surface area contributed by atoms with Gasteiger partial charge >= 0.3 is 0 Å². The average molecular weight is 321 g/mol. The number of hydrogen-bond donors (Lipinski definition) is 1. The van der Waals surface area contributed by atoms with Gasteiger partial charge in [-0.05, 0) is 43.7 Å². The van der Waals surface area contributed by atoms with Gasteiger partial charge in [0.15, 0.2) is 0 Å². The molecule has 2 aliphatic heterocycles. The van der Waals surface area contributed by atoms with E-state index >= 15 is 0 Å². The monoisotopic (exact) mass is 321 g/mol. The number of hydrogen-bond acceptors (Lipinski definition) is 3. The molecular formula is C20H23N3O. The van der Waals surface area contributed by atoms with Gasteiger partial charge in [-0.1, -0.05) is 30.3 Å². The lowest BCUT2D eigenvalue weighted by Gasteiger charge is -2.29. The summed E-state index contributed by atoms with van der Waals surface area (Å²) in [5.74, 6) is 0.170. The minimum atomic E-state index is 0.0357. The van der Waals surface area contributed by atoms with Crippen molar-refractivity contribution in [2.75, 3.05) is 29.9 Å². The molecule has 0 saturated heterocycles. The number of carbonyl (C=O) groups excluding carboxylic acids is 1. The number of benzene rings is 2. The highest BCUT2D eigenvalue weighted by molar-refractivity contribution is 6.00. The number of nitrogens with one attached hydrogen (secondary N) is 1. The molecule has 0 fully saturated rings. The molecule has 1 unspecified atom stereocenters. The summed E-state index contributed by atoms with van der Waals surface area (Å²) in [6.07, 6.45) is 1.57. The Morgan fingerprint density at radius 2 is 1.96 bits per heavy atom. The van der Waals surface area contributed by atoms with Gasteiger partial charge in [0.1, 0.15) is 0 Å². The van der Waals surface area contributed by atoms with E-state index in [2.05, 4.69) is 53.5 Å². The van der Waals surface area contributed by atoms with Crippen LogP contribution in [0, 0.1) is 0 Å². The smallest absolute Gasteiger partial charge is 0.228 e. The molecule has 124 valence electrons. The first-order valence-electron chi connectivity index (χ1n) is 8.67. The molecule has 0 spiro atoms. The molecule has 0 radical (unpaired) electrons. The van der Waals surface area contributed by atoms with E-state index in [4.69, 9.17) is 0 Å². The molecule has 2 aromatic rings. The summed E-state index contributed by atoms with van der Waals surface area (Å²) in [7, 11) is 1.88. The van der Waals surface area contributed by atoms with Gasteiger partial charge in [-0.3, -0.25) is 4.79 Å². The third-order valence-corrected chi connectivity index (χ3v) is 5.15. The van der Waals surface area contributed by atoms with Crippen molar-refractivity contribution >= 4 is 23.0 Å². The van der Waals surface area contributed by atoms with Crippen molar-refractivity contribution in [1.82, 2.24) is 5.32 Å². The van der Waals surface area contributed by atoms with Gasteiger partial charge in [-0.15, -0.1) is 0 Å². The van der Waals surface area contributed by atoms with Crippen molar-refractivity contribution < 1.29 is 4.79 Å². The lowest BCUT2D eigenvalue weighted by atomic mass is 10.0. The van der Waals surface area contributed by atoms with Crippen LogP contribution in [0.15, 0.2) is 42.5 Å². The Balaban J connectivity index is 1.89. The highest BCUT2D eigenvalue weighted by atomic mass is 16.2. The number of para-hydroxylation sites is 3. The van der Waals surface area contributed by atoms with E-state index in [-0.39, 0.29) is 11.9 Å². The van der Waals surface area contributed by atoms with Crippen molar-refractivity contribution in [1.29, 1.82) is 0 Å². The van der Waals surface area contributed by atoms with E-state index in [1.807, 2.05) is 18.0 Å². The molecule has 0 aromatic heterocycles. The summed E-state index contributed by atoms with van der Waals surface area (Å²) in [4.78, 5) is 17.3. The maximum Gasteiger partial charge on any atom is 0.228 e. The third-order valence-electron chi connectivity index (χ3n) is 5.15. The Kier molecular flexibility index (Phi) is 3.77. The van der Waals surface area contributed by atoms with Crippen LogP contribution in [0.25, 0.3) is 0 Å². The molecule has 1 atom stereocenters. The van der Waals surface area contributed by atoms with Gasteiger partial charge in [0.2, 0.25) is 5.91 Å². The van der Waals surface area contributed by atoms with E-state index in [0.29, 0.717) is 13.0 Å². The first-order chi connectivity index (χ1) is 11.7. The second kappa shape index (κ2) is 5.95. The summed E-state index contributed by atoms with van der Waals surface area (Å²) in [5, 5.41) is 3.08. The molecule has 4 rings (SSSR count). The van der Waals surface area contributed by atoms with Crippen molar-refractivity contribution in [3.63, 3.8) is 0 Å². The topological polar surface area (TPSA) is 35.6 Å². The first kappa shape index (κ1) is 15.2. The summed E-state index contributed by atoms with van der Waals surface area (Å²) in [6.45, 7) is 3.82. The van der Waals surface area contributed by atoms with Gasteiger partial charge in [0, 0.05) is 25.2 Å². The van der Waals surface area contributed by atoms with Crippen LogP contribution in [-0.4, -0.2) is 26.0 Å². The maximum absolute atomic E-state index is 13.0. The molecule has 1 amide bonds. The van der Waals surface area contributed by atoms with E-state index in [0.717, 1.165) is 24.3 Å². The summed E-state index contributed by atoms with van der Waals surface area (Å²) >= 11 is 0. The van der Waals surface area contributed by atoms with Gasteiger partial charge < -0.3 is 15.1 Å². The third kappa shape index (κ3) is 2.21. The number of fused-ring (bicyclic) bond motifs is 2. The molecule has 1 N–H and O–H groups in total. The minimum absolute atomic E-state index is 0.0357. The standard InChI is InChI=1S/C20H23N3O/c1-14-16-7-5-6-15-11-13-22(20(15)16)17-8-3-4-9-18(17)23(14)19(24)10-12-21-2/h3-9,14,21H,10-13H2,1-2H3. The van der Waals surface area contributed by atoms with Crippen molar-refractivity contribution in [2.24, 2.45) is 0 Å². The zero-order valence-corrected chi connectivity index (χ0v) is 14.2. The van der Waals surface area contributed by atoms with Crippen LogP contribution in [0.2, 0.25) is 0 Å². The highest BCUT2D eigenvalue weighted by Gasteiger charge is 2.35. The molecular weight excluding hydrogens is 298 g/mol. The highest BCUT2D eigenvalue weighted by Crippen LogP contribution is 2.49. The fraction of sp³-hybridized carbons (Fsp3) is 0.350. The Hall–Kier alpha value is -2.33. The van der Waals surface area contributed by atoms with Crippen molar-refractivity contribution in [2.45, 2.75) is 25.8 Å². The first-order valence-corrected chi connectivity index (χ1v) is 8.67. The lowest BCUT2D eigenvalue weighted by Crippen LogP contribution is -2.34. The summed E-state index contributed by atoms with van der Waals surface area (Å²) < 4.78 is 0. The summed E-state index contributed by atoms with van der Waals surface area (Å²) in [6, 6.07) is 14.8. The molecule has 24 heavy (non-hydrogen) atoms. The number of nitrogens with zero attached hydrogens (tertiary/aromatic N) is 2. The second-order valence-electron chi connectivity index (χ2n) is 6.54. The number of amides is 1. The van der Waals surface area contributed by atoms with Crippen LogP contribution < -0.4 is 15.1 Å². The van der Waals surface area contributed by atoms with Crippen LogP contribution in [0.1, 0.15) is 30.5 Å². The van der Waals surface area contributed by atoms with E-state index in [9.17, 15) is 4.79 Å². The second-order valence-corrected chi connectivity index (χ2v) is 6.54. The predicted molar refractivity (Wildman–Crippen MR) is 98.0 cm³/mol. The minimum Gasteiger partial charge on any atom is -0.339 e. The van der Waals surface area contributed by atoms with Gasteiger partial charge in [-0.2, -0.15) is 0 Å². The fourth-order valence-electron chi connectivity index (χ4n) is 4.01. The normalized spacial score (nSPS) is 18.2. The number of rotatable bonds is 3. The SMILES string of the molecule is CNCCC(=O)N1c2ccccc2N2CCc3cccc(c32)C1C. The zero-order valence-electron chi connectivity index (χ0n) is 14.2. The Morgan fingerprint density at radius 1 is 1.17 bits per heavy atom. The molecule has 0 saturated carbocycles. The quantitative estimate of drug-likeness (QED) is 0.941. The van der Waals surface area contributed by atoms with Crippen LogP contribution >= 0.6 is 0 Å². The molecule has 2 aliphatic rings. The lowest BCUT2D eigenvalue weighted by molar-refractivity contribution is -0.119. The van der Waals surface area contributed by atoms with Crippen molar-refractivity contribution in [3.8, 4) is 0 Å². The van der Waals surface area contributed by atoms with Gasteiger partial charge in [-0.25, -0.2) is 0 Å². The zero-order chi connectivity index (χ0) is 16.7. The van der Waals surface area contributed by atoms with Crippen LogP contribution in [0.4, 0.5) is 17.1 Å². The predicted octanol–water partition coefficient (Wildman–Crippen LogP) is 3.40. The maximum atomic E-state index is 13.0. The molecule has 0 bridgehead atoms. The van der Waals surface area contributed by atoms with Gasteiger partial charge in [0.05, 0.1) is 17.4 Å². The van der Waals surface area contributed by atoms with E-state index in [1.54, 1.807) is 0 Å². The van der Waals surface area contributed by atoms with E-state index in [1.165, 1.54) is 16.8 Å². The largest absolute Gasteiger partial charge is 0.339 e. The molecule has 2 aromatic carbocycles. The summed E-state index contributed by atoms with van der Waals surface area (Å²) in [5.41, 5.74) is 6.11. The molecule has 0 aliphatic carbocycles. The fourth-order valence-corrected chi connectivity index (χ4v) is 4.01. The molecule has 2 heterocycles. The van der Waals surface area contributed by atoms with E-state index < -0.39 is 0 Å². The van der Waals surface area contributed by atoms with Crippen LogP contribution in [0.3, 0.4) is 0 Å².